The fraction of sp³-hybridized carbons (Fsp3) is 0.429. The summed E-state index contributed by atoms with van der Waals surface area (Å²) in [7, 11) is 0. The van der Waals surface area contributed by atoms with Gasteiger partial charge in [0.2, 0.25) is 5.16 Å². The minimum atomic E-state index is 0.0705. The maximum atomic E-state index is 7.73. The number of amidine groups is 1. The number of aryl methyl sites for hydroxylation is 1. The molecule has 0 spiro atoms. The fourth-order valence-corrected chi connectivity index (χ4v) is 3.64. The second-order valence-electron chi connectivity index (χ2n) is 5.36. The minimum Gasteiger partial charge on any atom is -0.384 e. The summed E-state index contributed by atoms with van der Waals surface area (Å²) in [6.07, 6.45) is 4.73. The third-order valence-electron chi connectivity index (χ3n) is 3.76. The van der Waals surface area contributed by atoms with Crippen LogP contribution in [0.2, 0.25) is 0 Å². The lowest BCUT2D eigenvalue weighted by Crippen LogP contribution is -2.13. The molecular weight excluding hydrogens is 284 g/mol. The van der Waals surface area contributed by atoms with Gasteiger partial charge in [0, 0.05) is 10.5 Å². The highest BCUT2D eigenvalue weighted by Gasteiger charge is 2.22. The largest absolute Gasteiger partial charge is 0.384 e. The van der Waals surface area contributed by atoms with E-state index in [-0.39, 0.29) is 5.84 Å². The highest BCUT2D eigenvalue weighted by Crippen LogP contribution is 2.35. The van der Waals surface area contributed by atoms with Crippen LogP contribution >= 0.6 is 11.8 Å². The van der Waals surface area contributed by atoms with Crippen LogP contribution < -0.4 is 5.73 Å². The van der Waals surface area contributed by atoms with E-state index >= 15 is 0 Å². The second kappa shape index (κ2) is 5.85. The van der Waals surface area contributed by atoms with Crippen LogP contribution in [-0.2, 0) is 0 Å². The van der Waals surface area contributed by atoms with Gasteiger partial charge < -0.3 is 5.73 Å². The molecule has 0 saturated heterocycles. The van der Waals surface area contributed by atoms with Gasteiger partial charge in [-0.05, 0) is 54.1 Å². The van der Waals surface area contributed by atoms with Gasteiger partial charge in [0.15, 0.2) is 0 Å². The van der Waals surface area contributed by atoms with Crippen LogP contribution in [0.1, 0.15) is 42.9 Å². The van der Waals surface area contributed by atoms with Crippen LogP contribution in [0.5, 0.6) is 0 Å². The van der Waals surface area contributed by atoms with Crippen LogP contribution in [0.25, 0.3) is 0 Å². The fourth-order valence-electron chi connectivity index (χ4n) is 2.67. The normalized spacial score (nSPS) is 15.5. The second-order valence-corrected chi connectivity index (χ2v) is 6.37. The Morgan fingerprint density at radius 1 is 1.38 bits per heavy atom. The van der Waals surface area contributed by atoms with Crippen molar-refractivity contribution < 1.29 is 0 Å². The third-order valence-corrected chi connectivity index (χ3v) is 4.79. The van der Waals surface area contributed by atoms with Gasteiger partial charge in [0.05, 0.1) is 6.04 Å². The van der Waals surface area contributed by atoms with E-state index in [4.69, 9.17) is 11.1 Å². The Kier molecular flexibility index (Phi) is 3.92. The first-order chi connectivity index (χ1) is 10.1. The van der Waals surface area contributed by atoms with Gasteiger partial charge in [0.25, 0.3) is 0 Å². The molecular formula is C14H18N6S. The standard InChI is InChI=1S/C14H18N6S/c1-9-6-7-12(11(8-9)13(15)16)21-14-17-18-19-20(14)10-4-2-3-5-10/h6-8,10H,2-5H2,1H3,(H3,15,16). The van der Waals surface area contributed by atoms with Gasteiger partial charge in [-0.25, -0.2) is 4.68 Å². The molecule has 3 N–H and O–H groups in total. The first kappa shape index (κ1) is 14.1. The Morgan fingerprint density at radius 3 is 2.86 bits per heavy atom. The number of rotatable bonds is 4. The monoisotopic (exact) mass is 302 g/mol. The van der Waals surface area contributed by atoms with Gasteiger partial charge in [-0.3, -0.25) is 5.41 Å². The summed E-state index contributed by atoms with van der Waals surface area (Å²) in [5.74, 6) is 0.0705. The number of nitrogens with one attached hydrogen (secondary N) is 1. The third kappa shape index (κ3) is 2.92. The lowest BCUT2D eigenvalue weighted by atomic mass is 10.1. The predicted octanol–water partition coefficient (Wildman–Crippen LogP) is 2.53. The van der Waals surface area contributed by atoms with Crippen LogP contribution in [0.15, 0.2) is 28.3 Å². The van der Waals surface area contributed by atoms with Crippen LogP contribution in [-0.4, -0.2) is 26.0 Å². The minimum absolute atomic E-state index is 0.0705. The summed E-state index contributed by atoms with van der Waals surface area (Å²) in [4.78, 5) is 0.919. The molecule has 1 aliphatic rings. The number of hydrogen-bond acceptors (Lipinski definition) is 5. The number of aromatic nitrogens is 4. The van der Waals surface area contributed by atoms with Gasteiger partial charge in [-0.1, -0.05) is 24.5 Å². The average molecular weight is 302 g/mol. The molecule has 1 heterocycles. The maximum absolute atomic E-state index is 7.73. The molecule has 1 fully saturated rings. The Bertz CT molecular complexity index is 659. The lowest BCUT2D eigenvalue weighted by Gasteiger charge is -2.12. The van der Waals surface area contributed by atoms with E-state index in [1.54, 1.807) is 0 Å². The summed E-state index contributed by atoms with van der Waals surface area (Å²) in [5, 5.41) is 20.6. The molecule has 21 heavy (non-hydrogen) atoms. The van der Waals surface area contributed by atoms with E-state index in [0.29, 0.717) is 6.04 Å². The molecule has 3 rings (SSSR count). The van der Waals surface area contributed by atoms with E-state index in [0.717, 1.165) is 34.0 Å². The molecule has 0 radical (unpaired) electrons. The van der Waals surface area contributed by atoms with Crippen molar-refractivity contribution in [3.8, 4) is 0 Å². The van der Waals surface area contributed by atoms with Gasteiger partial charge in [-0.15, -0.1) is 5.10 Å². The Hall–Kier alpha value is -1.89. The SMILES string of the molecule is Cc1ccc(Sc2nnnn2C2CCCC2)c(C(=N)N)c1. The number of tetrazole rings is 1. The number of nitrogen functional groups attached to an aromatic ring is 1. The van der Waals surface area contributed by atoms with E-state index in [1.807, 2.05) is 29.8 Å². The molecule has 1 aliphatic carbocycles. The molecule has 0 atom stereocenters. The van der Waals surface area contributed by atoms with Crippen molar-refractivity contribution in [2.75, 3.05) is 0 Å². The van der Waals surface area contributed by atoms with Gasteiger partial charge in [0.1, 0.15) is 5.84 Å². The highest BCUT2D eigenvalue weighted by atomic mass is 32.2. The molecule has 1 saturated carbocycles. The van der Waals surface area contributed by atoms with E-state index < -0.39 is 0 Å². The quantitative estimate of drug-likeness (QED) is 0.668. The molecule has 0 aliphatic heterocycles. The number of hydrogen-bond donors (Lipinski definition) is 2. The first-order valence-electron chi connectivity index (χ1n) is 7.06. The number of benzene rings is 1. The van der Waals surface area contributed by atoms with Crippen molar-refractivity contribution in [3.05, 3.63) is 29.3 Å². The molecule has 1 aromatic heterocycles. The van der Waals surface area contributed by atoms with E-state index in [9.17, 15) is 0 Å². The Balaban J connectivity index is 1.91. The van der Waals surface area contributed by atoms with Gasteiger partial charge >= 0.3 is 0 Å². The highest BCUT2D eigenvalue weighted by molar-refractivity contribution is 7.99. The van der Waals surface area contributed by atoms with E-state index in [2.05, 4.69) is 15.5 Å². The topological polar surface area (TPSA) is 93.5 Å². The zero-order valence-electron chi connectivity index (χ0n) is 11.9. The molecule has 110 valence electrons. The molecule has 0 bridgehead atoms. The molecule has 1 aromatic carbocycles. The summed E-state index contributed by atoms with van der Waals surface area (Å²) in [5.41, 5.74) is 7.50. The summed E-state index contributed by atoms with van der Waals surface area (Å²) >= 11 is 1.48. The Labute approximate surface area is 127 Å². The van der Waals surface area contributed by atoms with Crippen molar-refractivity contribution in [2.45, 2.75) is 48.7 Å². The predicted molar refractivity (Wildman–Crippen MR) is 81.6 cm³/mol. The van der Waals surface area contributed by atoms with Crippen LogP contribution in [0, 0.1) is 12.3 Å². The van der Waals surface area contributed by atoms with Gasteiger partial charge in [-0.2, -0.15) is 0 Å². The zero-order chi connectivity index (χ0) is 14.8. The summed E-state index contributed by atoms with van der Waals surface area (Å²) in [6.45, 7) is 1.99. The van der Waals surface area contributed by atoms with Crippen LogP contribution in [0.4, 0.5) is 0 Å². The smallest absolute Gasteiger partial charge is 0.214 e. The zero-order valence-corrected chi connectivity index (χ0v) is 12.7. The molecule has 0 amide bonds. The number of nitrogens with zero attached hydrogens (tertiary/aromatic N) is 4. The maximum Gasteiger partial charge on any atom is 0.214 e. The molecule has 6 nitrogen and oxygen atoms in total. The molecule has 7 heteroatoms. The number of nitrogens with two attached hydrogens (primary N) is 1. The summed E-state index contributed by atoms with van der Waals surface area (Å²) < 4.78 is 1.92. The van der Waals surface area contributed by atoms with Crippen molar-refractivity contribution in [2.24, 2.45) is 5.73 Å². The Morgan fingerprint density at radius 2 is 2.14 bits per heavy atom. The van der Waals surface area contributed by atoms with Crippen molar-refractivity contribution in [3.63, 3.8) is 0 Å². The van der Waals surface area contributed by atoms with Crippen molar-refractivity contribution in [1.29, 1.82) is 5.41 Å². The van der Waals surface area contributed by atoms with Crippen molar-refractivity contribution in [1.82, 2.24) is 20.2 Å². The molecule has 0 unspecified atom stereocenters. The summed E-state index contributed by atoms with van der Waals surface area (Å²) in [6, 6.07) is 6.31. The van der Waals surface area contributed by atoms with E-state index in [1.165, 1.54) is 24.6 Å². The van der Waals surface area contributed by atoms with Crippen molar-refractivity contribution >= 4 is 17.6 Å². The van der Waals surface area contributed by atoms with Crippen LogP contribution in [0.3, 0.4) is 0 Å². The average Bonchev–Trinajstić information content (AvgIpc) is 3.11. The lowest BCUT2D eigenvalue weighted by molar-refractivity contribution is 0.423. The first-order valence-corrected chi connectivity index (χ1v) is 7.87. The molecule has 2 aromatic rings.